The maximum Gasteiger partial charge on any atom is 0.178 e. The molecule has 128 valence electrons. The van der Waals surface area contributed by atoms with Gasteiger partial charge in [-0.05, 0) is 40.4 Å². The predicted molar refractivity (Wildman–Crippen MR) is 109 cm³/mol. The number of benzene rings is 4. The van der Waals surface area contributed by atoms with Gasteiger partial charge in [-0.3, -0.25) is 0 Å². The molecule has 4 aromatic rings. The molecule has 1 unspecified atom stereocenters. The maximum absolute atomic E-state index is 6.59. The van der Waals surface area contributed by atoms with Crippen LogP contribution in [0.25, 0.3) is 27.6 Å². The second kappa shape index (κ2) is 5.24. The fourth-order valence-electron chi connectivity index (χ4n) is 4.16. The summed E-state index contributed by atoms with van der Waals surface area (Å²) in [5.41, 5.74) is 1.51. The van der Waals surface area contributed by atoms with Crippen LogP contribution < -0.4 is 9.47 Å². The van der Waals surface area contributed by atoms with Gasteiger partial charge >= 0.3 is 0 Å². The van der Waals surface area contributed by atoms with Crippen molar-refractivity contribution in [1.29, 1.82) is 0 Å². The smallest absolute Gasteiger partial charge is 0.178 e. The van der Waals surface area contributed by atoms with Gasteiger partial charge in [-0.25, -0.2) is 0 Å². The van der Waals surface area contributed by atoms with Crippen molar-refractivity contribution in [2.45, 2.75) is 5.60 Å². The Morgan fingerprint density at radius 1 is 0.667 bits per heavy atom. The third-order valence-corrected chi connectivity index (χ3v) is 5.51. The number of fused-ring (bicyclic) bond motifs is 7. The average Bonchev–Trinajstić information content (AvgIpc) is 2.73. The van der Waals surface area contributed by atoms with E-state index in [2.05, 4.69) is 72.8 Å². The van der Waals surface area contributed by atoms with Crippen molar-refractivity contribution < 1.29 is 9.47 Å². The Balaban J connectivity index is 1.57. The van der Waals surface area contributed by atoms with Crippen LogP contribution in [-0.2, 0) is 5.60 Å². The molecule has 0 radical (unpaired) electrons. The normalized spacial score (nSPS) is 19.6. The summed E-state index contributed by atoms with van der Waals surface area (Å²) in [5, 5.41) is 4.68. The van der Waals surface area contributed by atoms with Crippen molar-refractivity contribution in [2.75, 3.05) is 0 Å². The first-order chi connectivity index (χ1) is 13.3. The molecule has 2 nitrogen and oxygen atoms in total. The molecule has 27 heavy (non-hydrogen) atoms. The molecule has 4 aromatic carbocycles. The fourth-order valence-corrected chi connectivity index (χ4v) is 4.16. The van der Waals surface area contributed by atoms with E-state index in [1.807, 2.05) is 18.2 Å². The topological polar surface area (TPSA) is 18.5 Å². The highest BCUT2D eigenvalue weighted by atomic mass is 16.5. The number of rotatable bonds is 0. The summed E-state index contributed by atoms with van der Waals surface area (Å²) in [4.78, 5) is 0. The van der Waals surface area contributed by atoms with E-state index >= 15 is 0 Å². The van der Waals surface area contributed by atoms with E-state index in [0.29, 0.717) is 0 Å². The molecule has 6 rings (SSSR count). The monoisotopic (exact) mass is 348 g/mol. The van der Waals surface area contributed by atoms with Crippen molar-refractivity contribution in [2.24, 2.45) is 0 Å². The molecule has 2 heterocycles. The van der Waals surface area contributed by atoms with Gasteiger partial charge in [0.15, 0.2) is 5.60 Å². The molecule has 2 aliphatic rings. The molecule has 0 saturated carbocycles. The van der Waals surface area contributed by atoms with Crippen molar-refractivity contribution in [3.05, 3.63) is 102 Å². The number of hydrogen-bond donors (Lipinski definition) is 0. The van der Waals surface area contributed by atoms with Crippen LogP contribution >= 0.6 is 0 Å². The minimum Gasteiger partial charge on any atom is -0.473 e. The lowest BCUT2D eigenvalue weighted by molar-refractivity contribution is 0.157. The molecule has 0 saturated heterocycles. The first-order valence-electron chi connectivity index (χ1n) is 9.11. The number of hydrogen-bond acceptors (Lipinski definition) is 2. The quantitative estimate of drug-likeness (QED) is 0.377. The average molecular weight is 348 g/mol. The number of ether oxygens (including phenoxy) is 2. The molecule has 0 aliphatic carbocycles. The zero-order valence-corrected chi connectivity index (χ0v) is 14.6. The lowest BCUT2D eigenvalue weighted by Gasteiger charge is -2.36. The summed E-state index contributed by atoms with van der Waals surface area (Å²) in [6.07, 6.45) is 8.04. The molecule has 0 aromatic heterocycles. The maximum atomic E-state index is 6.59. The van der Waals surface area contributed by atoms with E-state index in [9.17, 15) is 0 Å². The Morgan fingerprint density at radius 2 is 1.41 bits per heavy atom. The zero-order valence-electron chi connectivity index (χ0n) is 14.6. The Hall–Kier alpha value is -3.52. The van der Waals surface area contributed by atoms with Crippen LogP contribution in [0.15, 0.2) is 91.2 Å². The van der Waals surface area contributed by atoms with Gasteiger partial charge in [0.1, 0.15) is 11.5 Å². The second-order valence-corrected chi connectivity index (χ2v) is 7.01. The first-order valence-corrected chi connectivity index (χ1v) is 9.11. The summed E-state index contributed by atoms with van der Waals surface area (Å²) in [6, 6.07) is 25.1. The van der Waals surface area contributed by atoms with Crippen LogP contribution in [0.2, 0.25) is 0 Å². The van der Waals surface area contributed by atoms with Crippen molar-refractivity contribution in [3.8, 4) is 11.5 Å². The summed E-state index contributed by atoms with van der Waals surface area (Å²) < 4.78 is 12.5. The summed E-state index contributed by atoms with van der Waals surface area (Å²) >= 11 is 0. The van der Waals surface area contributed by atoms with E-state index in [4.69, 9.17) is 9.47 Å². The molecule has 0 N–H and O–H groups in total. The van der Waals surface area contributed by atoms with Gasteiger partial charge in [0.2, 0.25) is 0 Å². The van der Waals surface area contributed by atoms with Gasteiger partial charge in [-0.1, -0.05) is 60.7 Å². The van der Waals surface area contributed by atoms with Gasteiger partial charge in [0.05, 0.1) is 6.26 Å². The van der Waals surface area contributed by atoms with E-state index in [0.717, 1.165) is 33.4 Å². The molecule has 2 heteroatoms. The Bertz CT molecular complexity index is 1280. The largest absolute Gasteiger partial charge is 0.473 e. The molecule has 1 spiro atoms. The summed E-state index contributed by atoms with van der Waals surface area (Å²) in [7, 11) is 0. The highest BCUT2D eigenvalue weighted by molar-refractivity contribution is 5.95. The second-order valence-electron chi connectivity index (χ2n) is 7.01. The van der Waals surface area contributed by atoms with Crippen molar-refractivity contribution >= 4 is 27.6 Å². The Labute approximate surface area is 157 Å². The Morgan fingerprint density at radius 3 is 2.30 bits per heavy atom. The van der Waals surface area contributed by atoms with Gasteiger partial charge in [0.25, 0.3) is 0 Å². The lowest BCUT2D eigenvalue weighted by atomic mass is 9.86. The van der Waals surface area contributed by atoms with E-state index in [1.165, 1.54) is 10.8 Å². The van der Waals surface area contributed by atoms with Crippen molar-refractivity contribution in [1.82, 2.24) is 0 Å². The molecule has 0 fully saturated rings. The minimum atomic E-state index is -0.646. The highest BCUT2D eigenvalue weighted by Gasteiger charge is 2.38. The van der Waals surface area contributed by atoms with Gasteiger partial charge in [0, 0.05) is 22.6 Å². The SMILES string of the molecule is C1=CC2(C=Cc3c(ccc4ccccc34)O2)c2ccc3ccccc3c2O1. The third-order valence-electron chi connectivity index (χ3n) is 5.51. The van der Waals surface area contributed by atoms with Crippen LogP contribution in [-0.4, -0.2) is 0 Å². The van der Waals surface area contributed by atoms with Crippen LogP contribution in [0.1, 0.15) is 11.1 Å². The van der Waals surface area contributed by atoms with E-state index in [-0.39, 0.29) is 0 Å². The zero-order chi connectivity index (χ0) is 17.8. The molecular formula is C25H16O2. The molecule has 0 bridgehead atoms. The molecular weight excluding hydrogens is 332 g/mol. The van der Waals surface area contributed by atoms with Crippen LogP contribution in [0.3, 0.4) is 0 Å². The van der Waals surface area contributed by atoms with Crippen LogP contribution in [0.4, 0.5) is 0 Å². The van der Waals surface area contributed by atoms with Gasteiger partial charge in [-0.2, -0.15) is 0 Å². The molecule has 0 amide bonds. The van der Waals surface area contributed by atoms with Crippen molar-refractivity contribution in [3.63, 3.8) is 0 Å². The molecule has 1 atom stereocenters. The van der Waals surface area contributed by atoms with Crippen LogP contribution in [0.5, 0.6) is 11.5 Å². The van der Waals surface area contributed by atoms with E-state index < -0.39 is 5.60 Å². The third kappa shape index (κ3) is 2.01. The first kappa shape index (κ1) is 14.6. The lowest BCUT2D eigenvalue weighted by Crippen LogP contribution is -2.33. The van der Waals surface area contributed by atoms with Gasteiger partial charge < -0.3 is 9.47 Å². The van der Waals surface area contributed by atoms with E-state index in [1.54, 1.807) is 6.26 Å². The highest BCUT2D eigenvalue weighted by Crippen LogP contribution is 2.47. The summed E-state index contributed by atoms with van der Waals surface area (Å²) in [6.45, 7) is 0. The predicted octanol–water partition coefficient (Wildman–Crippen LogP) is 6.20. The minimum absolute atomic E-state index is 0.646. The fraction of sp³-hybridized carbons (Fsp3) is 0.0400. The standard InChI is InChI=1S/C25H16O2/c1-3-7-19-17(5-1)10-12-23-21(19)13-14-25(27-23)15-16-26-24-20-8-4-2-6-18(20)9-11-22(24)25/h1-16H. The Kier molecular flexibility index (Phi) is 2.84. The van der Waals surface area contributed by atoms with Gasteiger partial charge in [-0.15, -0.1) is 0 Å². The summed E-state index contributed by atoms with van der Waals surface area (Å²) in [5.74, 6) is 1.76. The molecule has 2 aliphatic heterocycles. The van der Waals surface area contributed by atoms with Crippen LogP contribution in [0, 0.1) is 0 Å².